The number of rotatable bonds is 9. The van der Waals surface area contributed by atoms with Crippen LogP contribution in [0, 0.1) is 6.92 Å². The highest BCUT2D eigenvalue weighted by Crippen LogP contribution is 2.22. The van der Waals surface area contributed by atoms with Crippen molar-refractivity contribution in [3.05, 3.63) is 41.5 Å². The van der Waals surface area contributed by atoms with Crippen molar-refractivity contribution < 1.29 is 19.1 Å². The van der Waals surface area contributed by atoms with E-state index in [0.717, 1.165) is 24.8 Å². The monoisotopic (exact) mass is 318 g/mol. The molecule has 0 spiro atoms. The molecule has 0 aliphatic carbocycles. The van der Waals surface area contributed by atoms with Crippen LogP contribution in [0.4, 0.5) is 0 Å². The SMILES string of the molecule is C/C=C\C(=O)OC(CCCCC)Oc1ccc(C(C)=O)cc1C. The molecular weight excluding hydrogens is 292 g/mol. The summed E-state index contributed by atoms with van der Waals surface area (Å²) in [6.07, 6.45) is 6.11. The van der Waals surface area contributed by atoms with Crippen LogP contribution >= 0.6 is 0 Å². The fourth-order valence-electron chi connectivity index (χ4n) is 2.15. The number of hydrogen-bond donors (Lipinski definition) is 0. The lowest BCUT2D eigenvalue weighted by Crippen LogP contribution is -2.24. The Bertz CT molecular complexity index is 560. The average molecular weight is 318 g/mol. The molecule has 1 atom stereocenters. The van der Waals surface area contributed by atoms with Crippen LogP contribution in [0.25, 0.3) is 0 Å². The number of carbonyl (C=O) groups excluding carboxylic acids is 2. The first-order valence-corrected chi connectivity index (χ1v) is 8.09. The van der Waals surface area contributed by atoms with Crippen LogP contribution in [-0.4, -0.2) is 18.0 Å². The Morgan fingerprint density at radius 3 is 2.57 bits per heavy atom. The molecule has 4 heteroatoms. The van der Waals surface area contributed by atoms with Gasteiger partial charge in [0, 0.05) is 18.1 Å². The molecule has 0 aliphatic rings. The van der Waals surface area contributed by atoms with Gasteiger partial charge in [0.05, 0.1) is 0 Å². The smallest absolute Gasteiger partial charge is 0.333 e. The first-order chi connectivity index (χ1) is 11.0. The van der Waals surface area contributed by atoms with Crippen molar-refractivity contribution in [1.29, 1.82) is 0 Å². The van der Waals surface area contributed by atoms with E-state index in [2.05, 4.69) is 6.92 Å². The van der Waals surface area contributed by atoms with Gasteiger partial charge in [0.1, 0.15) is 5.75 Å². The zero-order valence-electron chi connectivity index (χ0n) is 14.4. The van der Waals surface area contributed by atoms with Crippen LogP contribution in [0.1, 0.15) is 62.4 Å². The summed E-state index contributed by atoms with van der Waals surface area (Å²) < 4.78 is 11.2. The third kappa shape index (κ3) is 6.68. The molecule has 4 nitrogen and oxygen atoms in total. The van der Waals surface area contributed by atoms with Crippen LogP contribution in [0.15, 0.2) is 30.4 Å². The normalized spacial score (nSPS) is 12.2. The number of ketones is 1. The number of Topliss-reactive ketones (excluding diaryl/α,β-unsaturated/α-hetero) is 1. The molecule has 126 valence electrons. The maximum atomic E-state index is 11.7. The van der Waals surface area contributed by atoms with Crippen LogP contribution in [0.2, 0.25) is 0 Å². The molecule has 23 heavy (non-hydrogen) atoms. The summed E-state index contributed by atoms with van der Waals surface area (Å²) in [5, 5.41) is 0. The molecule has 1 aromatic carbocycles. The topological polar surface area (TPSA) is 52.6 Å². The summed E-state index contributed by atoms with van der Waals surface area (Å²) in [7, 11) is 0. The molecule has 0 heterocycles. The highest BCUT2D eigenvalue weighted by Gasteiger charge is 2.16. The minimum Gasteiger partial charge on any atom is -0.454 e. The highest BCUT2D eigenvalue weighted by molar-refractivity contribution is 5.94. The lowest BCUT2D eigenvalue weighted by atomic mass is 10.1. The minimum atomic E-state index is -0.618. The standard InChI is InChI=1S/C19H26O4/c1-5-7-8-10-19(23-18(21)9-6-2)22-17-12-11-16(15(4)20)13-14(17)3/h6,9,11-13,19H,5,7-8,10H2,1-4H3/b9-6-. The second kappa shape index (κ2) is 9.82. The molecule has 0 aromatic heterocycles. The van der Waals surface area contributed by atoms with Crippen LogP contribution in [0.3, 0.4) is 0 Å². The third-order valence-corrected chi connectivity index (χ3v) is 3.43. The predicted octanol–water partition coefficient (Wildman–Crippen LogP) is 4.60. The summed E-state index contributed by atoms with van der Waals surface area (Å²) in [5.74, 6) is 0.232. The van der Waals surface area contributed by atoms with Crippen molar-refractivity contribution in [2.24, 2.45) is 0 Å². The van der Waals surface area contributed by atoms with Crippen molar-refractivity contribution in [1.82, 2.24) is 0 Å². The van der Waals surface area contributed by atoms with E-state index in [4.69, 9.17) is 9.47 Å². The van der Waals surface area contributed by atoms with E-state index in [1.54, 1.807) is 31.2 Å². The quantitative estimate of drug-likeness (QED) is 0.219. The fourth-order valence-corrected chi connectivity index (χ4v) is 2.15. The van der Waals surface area contributed by atoms with E-state index in [9.17, 15) is 9.59 Å². The van der Waals surface area contributed by atoms with Gasteiger partial charge in [-0.15, -0.1) is 0 Å². The second-order valence-corrected chi connectivity index (χ2v) is 5.52. The molecule has 0 radical (unpaired) electrons. The molecule has 0 amide bonds. The van der Waals surface area contributed by atoms with E-state index in [0.29, 0.717) is 17.7 Å². The number of unbranched alkanes of at least 4 members (excludes halogenated alkanes) is 2. The number of ether oxygens (including phenoxy) is 2. The number of carbonyl (C=O) groups is 2. The zero-order valence-corrected chi connectivity index (χ0v) is 14.4. The van der Waals surface area contributed by atoms with Crippen molar-refractivity contribution in [2.75, 3.05) is 0 Å². The lowest BCUT2D eigenvalue weighted by molar-refractivity contribution is -0.158. The van der Waals surface area contributed by atoms with Crippen LogP contribution in [0.5, 0.6) is 5.75 Å². The molecule has 1 unspecified atom stereocenters. The minimum absolute atomic E-state index is 0.0126. The Morgan fingerprint density at radius 2 is 2.00 bits per heavy atom. The van der Waals surface area contributed by atoms with Crippen molar-refractivity contribution in [2.45, 2.75) is 59.7 Å². The highest BCUT2D eigenvalue weighted by atomic mass is 16.7. The Morgan fingerprint density at radius 1 is 1.26 bits per heavy atom. The summed E-state index contributed by atoms with van der Waals surface area (Å²) in [4.78, 5) is 23.1. The van der Waals surface area contributed by atoms with E-state index in [-0.39, 0.29) is 5.78 Å². The zero-order chi connectivity index (χ0) is 17.2. The Kier molecular flexibility index (Phi) is 8.09. The van der Waals surface area contributed by atoms with Crippen molar-refractivity contribution in [3.63, 3.8) is 0 Å². The summed E-state index contributed by atoms with van der Waals surface area (Å²) in [6.45, 7) is 7.28. The van der Waals surface area contributed by atoms with Gasteiger partial charge in [-0.25, -0.2) is 4.79 Å². The number of hydrogen-bond acceptors (Lipinski definition) is 4. The molecule has 1 rings (SSSR count). The fraction of sp³-hybridized carbons (Fsp3) is 0.474. The lowest BCUT2D eigenvalue weighted by Gasteiger charge is -2.20. The molecule has 0 bridgehead atoms. The maximum absolute atomic E-state index is 11.7. The van der Waals surface area contributed by atoms with Crippen LogP contribution in [-0.2, 0) is 9.53 Å². The summed E-state index contributed by atoms with van der Waals surface area (Å²) in [5.41, 5.74) is 1.49. The Balaban J connectivity index is 2.82. The summed E-state index contributed by atoms with van der Waals surface area (Å²) in [6, 6.07) is 5.26. The molecule has 0 saturated heterocycles. The molecule has 0 N–H and O–H groups in total. The number of esters is 1. The van der Waals surface area contributed by atoms with E-state index in [1.165, 1.54) is 13.0 Å². The predicted molar refractivity (Wildman–Crippen MR) is 90.6 cm³/mol. The van der Waals surface area contributed by atoms with Gasteiger partial charge in [0.15, 0.2) is 5.78 Å². The van der Waals surface area contributed by atoms with Gasteiger partial charge in [-0.3, -0.25) is 4.79 Å². The Hall–Kier alpha value is -2.10. The number of aryl methyl sites for hydroxylation is 1. The van der Waals surface area contributed by atoms with Crippen molar-refractivity contribution >= 4 is 11.8 Å². The van der Waals surface area contributed by atoms with E-state index in [1.807, 2.05) is 6.92 Å². The third-order valence-electron chi connectivity index (χ3n) is 3.43. The molecule has 1 aromatic rings. The van der Waals surface area contributed by atoms with Crippen LogP contribution < -0.4 is 4.74 Å². The van der Waals surface area contributed by atoms with Gasteiger partial charge in [-0.2, -0.15) is 0 Å². The molecule has 0 saturated carbocycles. The summed E-state index contributed by atoms with van der Waals surface area (Å²) >= 11 is 0. The van der Waals surface area contributed by atoms with Gasteiger partial charge in [0.25, 0.3) is 0 Å². The Labute approximate surface area is 138 Å². The molecule has 0 fully saturated rings. The first kappa shape index (κ1) is 18.9. The van der Waals surface area contributed by atoms with Gasteiger partial charge in [-0.1, -0.05) is 25.8 Å². The molecule has 0 aliphatic heterocycles. The number of allylic oxidation sites excluding steroid dienone is 1. The maximum Gasteiger partial charge on any atom is 0.333 e. The van der Waals surface area contributed by atoms with Gasteiger partial charge >= 0.3 is 5.97 Å². The van der Waals surface area contributed by atoms with E-state index < -0.39 is 12.3 Å². The van der Waals surface area contributed by atoms with E-state index >= 15 is 0 Å². The number of benzene rings is 1. The van der Waals surface area contributed by atoms with Crippen molar-refractivity contribution in [3.8, 4) is 5.75 Å². The second-order valence-electron chi connectivity index (χ2n) is 5.52. The van der Waals surface area contributed by atoms with Gasteiger partial charge in [-0.05, 0) is 51.0 Å². The average Bonchev–Trinajstić information content (AvgIpc) is 2.49. The first-order valence-electron chi connectivity index (χ1n) is 8.09. The van der Waals surface area contributed by atoms with Gasteiger partial charge < -0.3 is 9.47 Å². The molecular formula is C19H26O4. The van der Waals surface area contributed by atoms with Gasteiger partial charge in [0.2, 0.25) is 6.29 Å². The largest absolute Gasteiger partial charge is 0.454 e.